The lowest BCUT2D eigenvalue weighted by Crippen LogP contribution is -2.47. The summed E-state index contributed by atoms with van der Waals surface area (Å²) in [4.78, 5) is 17.0. The molecule has 1 aliphatic rings. The zero-order valence-electron chi connectivity index (χ0n) is 12.5. The van der Waals surface area contributed by atoms with Crippen molar-refractivity contribution < 1.29 is 9.21 Å². The molecule has 1 aromatic carbocycles. The number of benzene rings is 1. The van der Waals surface area contributed by atoms with Crippen LogP contribution in [0.2, 0.25) is 0 Å². The van der Waals surface area contributed by atoms with E-state index < -0.39 is 0 Å². The molecule has 0 bridgehead atoms. The van der Waals surface area contributed by atoms with E-state index in [9.17, 15) is 4.79 Å². The van der Waals surface area contributed by atoms with Gasteiger partial charge in [0.05, 0.1) is 5.41 Å². The summed E-state index contributed by atoms with van der Waals surface area (Å²) < 4.78 is 5.45. The fourth-order valence-electron chi connectivity index (χ4n) is 3.01. The highest BCUT2D eigenvalue weighted by Gasteiger charge is 2.37. The van der Waals surface area contributed by atoms with Gasteiger partial charge in [-0.25, -0.2) is 4.98 Å². The van der Waals surface area contributed by atoms with Crippen molar-refractivity contribution in [3.8, 4) is 0 Å². The van der Waals surface area contributed by atoms with Crippen LogP contribution >= 0.6 is 0 Å². The van der Waals surface area contributed by atoms with Crippen LogP contribution in [0.3, 0.4) is 0 Å². The molecule has 5 nitrogen and oxygen atoms in total. The molecule has 3 rings (SSSR count). The molecule has 1 amide bonds. The number of rotatable bonds is 3. The molecule has 1 atom stereocenters. The van der Waals surface area contributed by atoms with Gasteiger partial charge in [-0.1, -0.05) is 6.92 Å². The summed E-state index contributed by atoms with van der Waals surface area (Å²) in [5.74, 6) is 0.728. The van der Waals surface area contributed by atoms with Crippen molar-refractivity contribution in [2.45, 2.75) is 33.1 Å². The standard InChI is InChI=1S/C16H21N3O2/c1-3-16(7-4-8-17-10-16)15(20)19-12-5-6-14-13(9-12)18-11(2)21-14/h5-6,9,17H,3-4,7-8,10H2,1-2H3,(H,19,20). The number of anilines is 1. The highest BCUT2D eigenvalue weighted by Crippen LogP contribution is 2.32. The molecule has 0 saturated carbocycles. The third-order valence-corrected chi connectivity index (χ3v) is 4.38. The van der Waals surface area contributed by atoms with E-state index in [4.69, 9.17) is 4.42 Å². The van der Waals surface area contributed by atoms with Crippen molar-refractivity contribution in [2.75, 3.05) is 18.4 Å². The Morgan fingerprint density at radius 2 is 2.38 bits per heavy atom. The molecule has 2 aromatic rings. The molecule has 2 heterocycles. The highest BCUT2D eigenvalue weighted by molar-refractivity contribution is 5.97. The minimum absolute atomic E-state index is 0.0942. The molecular weight excluding hydrogens is 266 g/mol. The van der Waals surface area contributed by atoms with E-state index in [1.54, 1.807) is 0 Å². The number of nitrogens with zero attached hydrogens (tertiary/aromatic N) is 1. The van der Waals surface area contributed by atoms with E-state index in [2.05, 4.69) is 22.5 Å². The van der Waals surface area contributed by atoms with Crippen LogP contribution in [0.15, 0.2) is 22.6 Å². The Labute approximate surface area is 124 Å². The van der Waals surface area contributed by atoms with Crippen LogP contribution in [0.5, 0.6) is 0 Å². The molecule has 1 unspecified atom stereocenters. The number of aromatic nitrogens is 1. The lowest BCUT2D eigenvalue weighted by molar-refractivity contribution is -0.126. The van der Waals surface area contributed by atoms with Gasteiger partial charge in [-0.15, -0.1) is 0 Å². The number of oxazole rings is 1. The van der Waals surface area contributed by atoms with Crippen molar-refractivity contribution >= 4 is 22.7 Å². The first-order chi connectivity index (χ1) is 10.1. The van der Waals surface area contributed by atoms with E-state index in [0.717, 1.165) is 49.1 Å². The molecule has 1 aliphatic heterocycles. The monoisotopic (exact) mass is 287 g/mol. The maximum atomic E-state index is 12.7. The van der Waals surface area contributed by atoms with Crippen LogP contribution in [0.1, 0.15) is 32.1 Å². The van der Waals surface area contributed by atoms with Crippen LogP contribution in [0.25, 0.3) is 11.1 Å². The Hall–Kier alpha value is -1.88. The molecule has 1 fully saturated rings. The lowest BCUT2D eigenvalue weighted by atomic mass is 9.77. The van der Waals surface area contributed by atoms with Gasteiger partial charge in [-0.3, -0.25) is 4.79 Å². The Bertz CT molecular complexity index is 657. The minimum Gasteiger partial charge on any atom is -0.441 e. The van der Waals surface area contributed by atoms with Crippen molar-refractivity contribution in [2.24, 2.45) is 5.41 Å². The number of piperidine rings is 1. The number of hydrogen-bond acceptors (Lipinski definition) is 4. The van der Waals surface area contributed by atoms with Gasteiger partial charge in [0.2, 0.25) is 5.91 Å². The molecule has 2 N–H and O–H groups in total. The van der Waals surface area contributed by atoms with Gasteiger partial charge in [-0.05, 0) is 44.0 Å². The predicted octanol–water partition coefficient (Wildman–Crippen LogP) is 2.85. The summed E-state index contributed by atoms with van der Waals surface area (Å²) >= 11 is 0. The van der Waals surface area contributed by atoms with Crippen molar-refractivity contribution in [1.29, 1.82) is 0 Å². The van der Waals surface area contributed by atoms with Gasteiger partial charge in [0, 0.05) is 19.2 Å². The van der Waals surface area contributed by atoms with E-state index >= 15 is 0 Å². The van der Waals surface area contributed by atoms with Gasteiger partial charge >= 0.3 is 0 Å². The second kappa shape index (κ2) is 5.48. The fraction of sp³-hybridized carbons (Fsp3) is 0.500. The second-order valence-electron chi connectivity index (χ2n) is 5.78. The number of carbonyl (C=O) groups excluding carboxylic acids is 1. The summed E-state index contributed by atoms with van der Waals surface area (Å²) in [5, 5.41) is 6.38. The smallest absolute Gasteiger partial charge is 0.231 e. The molecule has 21 heavy (non-hydrogen) atoms. The number of aryl methyl sites for hydroxylation is 1. The van der Waals surface area contributed by atoms with Gasteiger partial charge in [0.25, 0.3) is 0 Å². The van der Waals surface area contributed by atoms with Crippen LogP contribution in [0, 0.1) is 12.3 Å². The molecule has 0 aliphatic carbocycles. The SMILES string of the molecule is CCC1(C(=O)Nc2ccc3oc(C)nc3c2)CCCNC1. The molecule has 112 valence electrons. The molecule has 5 heteroatoms. The maximum absolute atomic E-state index is 12.7. The highest BCUT2D eigenvalue weighted by atomic mass is 16.3. The Balaban J connectivity index is 1.81. The molecule has 0 radical (unpaired) electrons. The third kappa shape index (κ3) is 2.65. The largest absolute Gasteiger partial charge is 0.441 e. The number of nitrogens with one attached hydrogen (secondary N) is 2. The van der Waals surface area contributed by atoms with E-state index in [-0.39, 0.29) is 11.3 Å². The van der Waals surface area contributed by atoms with E-state index in [0.29, 0.717) is 5.89 Å². The van der Waals surface area contributed by atoms with Crippen molar-refractivity contribution in [3.05, 3.63) is 24.1 Å². The van der Waals surface area contributed by atoms with Crippen molar-refractivity contribution in [1.82, 2.24) is 10.3 Å². The van der Waals surface area contributed by atoms with Crippen molar-refractivity contribution in [3.63, 3.8) is 0 Å². The first-order valence-electron chi connectivity index (χ1n) is 7.52. The van der Waals surface area contributed by atoms with E-state index in [1.807, 2.05) is 25.1 Å². The summed E-state index contributed by atoms with van der Waals surface area (Å²) in [6, 6.07) is 5.58. The Kier molecular flexibility index (Phi) is 3.68. The van der Waals surface area contributed by atoms with Gasteiger partial charge in [0.15, 0.2) is 11.5 Å². The fourth-order valence-corrected chi connectivity index (χ4v) is 3.01. The quantitative estimate of drug-likeness (QED) is 0.911. The average molecular weight is 287 g/mol. The number of fused-ring (bicyclic) bond motifs is 1. The number of carbonyl (C=O) groups is 1. The number of amides is 1. The van der Waals surface area contributed by atoms with Gasteiger partial charge in [0.1, 0.15) is 5.52 Å². The van der Waals surface area contributed by atoms with Crippen LogP contribution in [-0.2, 0) is 4.79 Å². The topological polar surface area (TPSA) is 67.2 Å². The second-order valence-corrected chi connectivity index (χ2v) is 5.78. The Morgan fingerprint density at radius 1 is 1.52 bits per heavy atom. The van der Waals surface area contributed by atoms with Crippen LogP contribution in [-0.4, -0.2) is 24.0 Å². The summed E-state index contributed by atoms with van der Waals surface area (Å²) in [6.45, 7) is 5.65. The summed E-state index contributed by atoms with van der Waals surface area (Å²) in [7, 11) is 0. The first kappa shape index (κ1) is 14.1. The average Bonchev–Trinajstić information content (AvgIpc) is 2.87. The normalized spacial score (nSPS) is 22.4. The summed E-state index contributed by atoms with van der Waals surface area (Å²) in [5.41, 5.74) is 2.00. The molecular formula is C16H21N3O2. The molecule has 0 spiro atoms. The Morgan fingerprint density at radius 3 is 3.10 bits per heavy atom. The molecule has 1 saturated heterocycles. The van der Waals surface area contributed by atoms with Crippen LogP contribution < -0.4 is 10.6 Å². The predicted molar refractivity (Wildman–Crippen MR) is 82.2 cm³/mol. The van der Waals surface area contributed by atoms with Gasteiger partial charge in [-0.2, -0.15) is 0 Å². The minimum atomic E-state index is -0.299. The van der Waals surface area contributed by atoms with Crippen LogP contribution in [0.4, 0.5) is 5.69 Å². The van der Waals surface area contributed by atoms with E-state index in [1.165, 1.54) is 0 Å². The maximum Gasteiger partial charge on any atom is 0.231 e. The third-order valence-electron chi connectivity index (χ3n) is 4.38. The summed E-state index contributed by atoms with van der Waals surface area (Å²) in [6.07, 6.45) is 2.83. The van der Waals surface area contributed by atoms with Gasteiger partial charge < -0.3 is 15.1 Å². The zero-order chi connectivity index (χ0) is 14.9. The lowest BCUT2D eigenvalue weighted by Gasteiger charge is -2.35. The first-order valence-corrected chi connectivity index (χ1v) is 7.52. The number of hydrogen-bond donors (Lipinski definition) is 2. The zero-order valence-corrected chi connectivity index (χ0v) is 12.5. The molecule has 1 aromatic heterocycles.